The minimum Gasteiger partial charge on any atom is -0.478 e. The van der Waals surface area contributed by atoms with Crippen molar-refractivity contribution in [1.29, 1.82) is 0 Å². The monoisotopic (exact) mass is 385 g/mol. The van der Waals surface area contributed by atoms with Gasteiger partial charge in [-0.15, -0.1) is 23.1 Å². The Kier molecular flexibility index (Phi) is 4.29. The van der Waals surface area contributed by atoms with Crippen molar-refractivity contribution in [3.8, 4) is 5.69 Å². The highest BCUT2D eigenvalue weighted by Gasteiger charge is 2.31. The summed E-state index contributed by atoms with van der Waals surface area (Å²) in [5.74, 6) is -0.0265. The Bertz CT molecular complexity index is 978. The van der Waals surface area contributed by atoms with Gasteiger partial charge >= 0.3 is 5.97 Å². The molecule has 0 aliphatic carbocycles. The summed E-state index contributed by atoms with van der Waals surface area (Å²) in [6.07, 6.45) is 0. The Morgan fingerprint density at radius 1 is 1.31 bits per heavy atom. The first-order valence-corrected chi connectivity index (χ1v) is 9.85. The third-order valence-corrected chi connectivity index (χ3v) is 6.51. The molecular weight excluding hydrogens is 370 g/mol. The van der Waals surface area contributed by atoms with Crippen molar-refractivity contribution in [3.05, 3.63) is 63.5 Å². The molecule has 1 amide bonds. The van der Waals surface area contributed by atoms with E-state index in [1.54, 1.807) is 39.9 Å². The van der Waals surface area contributed by atoms with Crippen molar-refractivity contribution in [2.24, 2.45) is 0 Å². The standard InChI is InChI=1S/C18H15N3O3S2/c1-10-15-16(13-3-2-8-25-13)26-9-14(22)19-17(15)21(20-10)12-6-4-11(5-7-12)18(23)24/h2-8,16H,9H2,1H3,(H,19,22)(H,23,24). The predicted molar refractivity (Wildman–Crippen MR) is 103 cm³/mol. The van der Waals surface area contributed by atoms with Crippen LogP contribution >= 0.6 is 23.1 Å². The lowest BCUT2D eigenvalue weighted by molar-refractivity contribution is -0.113. The number of aromatic nitrogens is 2. The predicted octanol–water partition coefficient (Wildman–Crippen LogP) is 3.72. The van der Waals surface area contributed by atoms with Crippen LogP contribution in [0.5, 0.6) is 0 Å². The zero-order valence-electron chi connectivity index (χ0n) is 13.8. The van der Waals surface area contributed by atoms with Gasteiger partial charge in [-0.05, 0) is 42.6 Å². The van der Waals surface area contributed by atoms with Gasteiger partial charge in [-0.3, -0.25) is 4.79 Å². The SMILES string of the molecule is Cc1nn(-c2ccc(C(=O)O)cc2)c2c1C(c1cccs1)SCC(=O)N2. The summed E-state index contributed by atoms with van der Waals surface area (Å²) in [7, 11) is 0. The van der Waals surface area contributed by atoms with Crippen LogP contribution < -0.4 is 5.32 Å². The summed E-state index contributed by atoms with van der Waals surface area (Å²) in [5.41, 5.74) is 2.75. The number of aromatic carboxylic acids is 1. The molecule has 1 aliphatic heterocycles. The number of carboxylic acids is 1. The average molecular weight is 385 g/mol. The number of rotatable bonds is 3. The molecular formula is C18H15N3O3S2. The van der Waals surface area contributed by atoms with Gasteiger partial charge < -0.3 is 10.4 Å². The highest BCUT2D eigenvalue weighted by Crippen LogP contribution is 2.45. The van der Waals surface area contributed by atoms with Crippen molar-refractivity contribution < 1.29 is 14.7 Å². The Morgan fingerprint density at radius 2 is 2.08 bits per heavy atom. The maximum absolute atomic E-state index is 12.2. The molecule has 0 spiro atoms. The van der Waals surface area contributed by atoms with Gasteiger partial charge in [0.25, 0.3) is 0 Å². The maximum Gasteiger partial charge on any atom is 0.335 e. The molecule has 0 saturated carbocycles. The van der Waals surface area contributed by atoms with E-state index in [0.29, 0.717) is 17.3 Å². The van der Waals surface area contributed by atoms with Crippen molar-refractivity contribution in [2.45, 2.75) is 12.2 Å². The summed E-state index contributed by atoms with van der Waals surface area (Å²) >= 11 is 3.25. The number of anilines is 1. The van der Waals surface area contributed by atoms with Crippen molar-refractivity contribution in [3.63, 3.8) is 0 Å². The number of hydrogen-bond acceptors (Lipinski definition) is 5. The van der Waals surface area contributed by atoms with Gasteiger partial charge in [-0.1, -0.05) is 6.07 Å². The second-order valence-electron chi connectivity index (χ2n) is 5.87. The Morgan fingerprint density at radius 3 is 2.73 bits per heavy atom. The molecule has 2 N–H and O–H groups in total. The summed E-state index contributed by atoms with van der Waals surface area (Å²) in [6.45, 7) is 1.93. The summed E-state index contributed by atoms with van der Waals surface area (Å²) < 4.78 is 1.68. The van der Waals surface area contributed by atoms with Gasteiger partial charge in [-0.2, -0.15) is 5.10 Å². The molecule has 2 aromatic heterocycles. The van der Waals surface area contributed by atoms with Crippen molar-refractivity contribution in [2.75, 3.05) is 11.1 Å². The van der Waals surface area contributed by atoms with Gasteiger partial charge in [-0.25, -0.2) is 9.48 Å². The molecule has 132 valence electrons. The zero-order valence-corrected chi connectivity index (χ0v) is 15.4. The number of amides is 1. The molecule has 0 saturated heterocycles. The van der Waals surface area contributed by atoms with Crippen LogP contribution in [0.4, 0.5) is 5.82 Å². The van der Waals surface area contributed by atoms with Crippen LogP contribution in [0.25, 0.3) is 5.69 Å². The number of nitrogens with one attached hydrogen (secondary N) is 1. The number of thiophene rings is 1. The molecule has 1 aromatic carbocycles. The molecule has 8 heteroatoms. The molecule has 1 unspecified atom stereocenters. The van der Waals surface area contributed by atoms with Crippen LogP contribution in [0, 0.1) is 6.92 Å². The van der Waals surface area contributed by atoms with Crippen LogP contribution in [0.15, 0.2) is 41.8 Å². The largest absolute Gasteiger partial charge is 0.478 e. The number of carbonyl (C=O) groups excluding carboxylic acids is 1. The van der Waals surface area contributed by atoms with E-state index in [9.17, 15) is 9.59 Å². The second-order valence-corrected chi connectivity index (χ2v) is 7.94. The van der Waals surface area contributed by atoms with Crippen LogP contribution in [-0.2, 0) is 4.79 Å². The van der Waals surface area contributed by atoms with Gasteiger partial charge in [0.05, 0.1) is 27.9 Å². The number of nitrogens with zero attached hydrogens (tertiary/aromatic N) is 2. The molecule has 1 atom stereocenters. The van der Waals surface area contributed by atoms with E-state index in [1.807, 2.05) is 18.4 Å². The number of thioether (sulfide) groups is 1. The highest BCUT2D eigenvalue weighted by atomic mass is 32.2. The molecule has 6 nitrogen and oxygen atoms in total. The number of carboxylic acid groups (broad SMARTS) is 1. The molecule has 1 aliphatic rings. The molecule has 0 bridgehead atoms. The molecule has 3 heterocycles. The van der Waals surface area contributed by atoms with Gasteiger partial charge in [0.1, 0.15) is 5.82 Å². The lowest BCUT2D eigenvalue weighted by atomic mass is 10.1. The van der Waals surface area contributed by atoms with E-state index >= 15 is 0 Å². The van der Waals surface area contributed by atoms with E-state index in [1.165, 1.54) is 17.0 Å². The Labute approximate surface area is 157 Å². The van der Waals surface area contributed by atoms with Gasteiger partial charge in [0.15, 0.2) is 0 Å². The fourth-order valence-electron chi connectivity index (χ4n) is 2.98. The Balaban J connectivity index is 1.85. The third-order valence-electron chi connectivity index (χ3n) is 4.17. The minimum absolute atomic E-state index is 0.0380. The van der Waals surface area contributed by atoms with E-state index in [4.69, 9.17) is 5.11 Å². The third kappa shape index (κ3) is 2.91. The van der Waals surface area contributed by atoms with Crippen LogP contribution in [0.3, 0.4) is 0 Å². The fraction of sp³-hybridized carbons (Fsp3) is 0.167. The minimum atomic E-state index is -0.977. The topological polar surface area (TPSA) is 84.2 Å². The highest BCUT2D eigenvalue weighted by molar-refractivity contribution is 8.00. The maximum atomic E-state index is 12.2. The normalized spacial score (nSPS) is 16.7. The molecule has 0 fully saturated rings. The average Bonchev–Trinajstić information content (AvgIpc) is 3.21. The molecule has 4 rings (SSSR count). The van der Waals surface area contributed by atoms with E-state index in [0.717, 1.165) is 11.3 Å². The quantitative estimate of drug-likeness (QED) is 0.718. The summed E-state index contributed by atoms with van der Waals surface area (Å²) in [5, 5.41) is 18.7. The smallest absolute Gasteiger partial charge is 0.335 e. The lowest BCUT2D eigenvalue weighted by Crippen LogP contribution is -2.15. The fourth-order valence-corrected chi connectivity index (χ4v) is 5.15. The van der Waals surface area contributed by atoms with E-state index in [2.05, 4.69) is 16.5 Å². The number of hydrogen-bond donors (Lipinski definition) is 2. The first-order chi connectivity index (χ1) is 12.5. The summed E-state index contributed by atoms with van der Waals surface area (Å²) in [4.78, 5) is 24.5. The zero-order chi connectivity index (χ0) is 18.3. The summed E-state index contributed by atoms with van der Waals surface area (Å²) in [6, 6.07) is 10.5. The molecule has 0 radical (unpaired) electrons. The number of carbonyl (C=O) groups is 2. The van der Waals surface area contributed by atoms with E-state index in [-0.39, 0.29) is 16.7 Å². The Hall–Kier alpha value is -2.58. The van der Waals surface area contributed by atoms with Gasteiger partial charge in [0, 0.05) is 10.4 Å². The van der Waals surface area contributed by atoms with Crippen LogP contribution in [0.1, 0.15) is 31.7 Å². The van der Waals surface area contributed by atoms with Crippen LogP contribution in [-0.4, -0.2) is 32.5 Å². The number of fused-ring (bicyclic) bond motifs is 1. The molecule has 26 heavy (non-hydrogen) atoms. The lowest BCUT2D eigenvalue weighted by Gasteiger charge is -2.13. The van der Waals surface area contributed by atoms with E-state index < -0.39 is 5.97 Å². The van der Waals surface area contributed by atoms with Gasteiger partial charge in [0.2, 0.25) is 5.91 Å². The second kappa shape index (κ2) is 6.62. The number of aryl methyl sites for hydroxylation is 1. The molecule has 3 aromatic rings. The van der Waals surface area contributed by atoms with Crippen molar-refractivity contribution >= 4 is 40.8 Å². The first-order valence-electron chi connectivity index (χ1n) is 7.92. The first kappa shape index (κ1) is 16.9. The van der Waals surface area contributed by atoms with Crippen LogP contribution in [0.2, 0.25) is 0 Å². The van der Waals surface area contributed by atoms with Crippen molar-refractivity contribution in [1.82, 2.24) is 9.78 Å². The number of benzene rings is 1.